The number of aliphatic hydroxyl groups is 1. The third-order valence-corrected chi connectivity index (χ3v) is 5.71. The first-order chi connectivity index (χ1) is 12.9. The van der Waals surface area contributed by atoms with E-state index in [1.54, 1.807) is 19.1 Å². The van der Waals surface area contributed by atoms with Gasteiger partial charge in [-0.2, -0.15) is 0 Å². The van der Waals surface area contributed by atoms with Crippen LogP contribution in [0.3, 0.4) is 0 Å². The number of amides is 1. The molecule has 0 spiro atoms. The van der Waals surface area contributed by atoms with Crippen molar-refractivity contribution < 1.29 is 14.3 Å². The van der Waals surface area contributed by atoms with E-state index in [-0.39, 0.29) is 29.9 Å². The molecule has 0 saturated carbocycles. The maximum atomic E-state index is 13.3. The molecule has 0 aliphatic carbocycles. The molecule has 1 aliphatic rings. The number of aryl methyl sites for hydroxylation is 1. The van der Waals surface area contributed by atoms with E-state index in [0.717, 1.165) is 15.6 Å². The largest absolute Gasteiger partial charge is 0.450 e. The van der Waals surface area contributed by atoms with Crippen LogP contribution in [-0.2, 0) is 0 Å². The van der Waals surface area contributed by atoms with Crippen molar-refractivity contribution >= 4 is 44.4 Å². The number of nitrogens with zero attached hydrogens (tertiary/aromatic N) is 1. The molecule has 5 nitrogen and oxygen atoms in total. The van der Waals surface area contributed by atoms with Crippen molar-refractivity contribution in [2.24, 2.45) is 0 Å². The maximum absolute atomic E-state index is 13.3. The Morgan fingerprint density at radius 1 is 1.22 bits per heavy atom. The highest BCUT2D eigenvalue weighted by Gasteiger charge is 2.42. The van der Waals surface area contributed by atoms with Gasteiger partial charge in [0.1, 0.15) is 5.58 Å². The molecule has 2 heterocycles. The molecule has 4 rings (SSSR count). The van der Waals surface area contributed by atoms with Crippen LogP contribution in [-0.4, -0.2) is 29.1 Å². The van der Waals surface area contributed by atoms with Gasteiger partial charge in [0.2, 0.25) is 5.76 Å². The predicted molar refractivity (Wildman–Crippen MR) is 106 cm³/mol. The molecule has 7 heteroatoms. The average Bonchev–Trinajstić information content (AvgIpc) is 2.91. The lowest BCUT2D eigenvalue weighted by Crippen LogP contribution is -2.32. The van der Waals surface area contributed by atoms with Crippen molar-refractivity contribution in [1.29, 1.82) is 0 Å². The number of hydrogen-bond donors (Lipinski definition) is 1. The van der Waals surface area contributed by atoms with E-state index in [2.05, 4.69) is 15.9 Å². The Morgan fingerprint density at radius 3 is 2.59 bits per heavy atom. The lowest BCUT2D eigenvalue weighted by molar-refractivity contribution is 0.0691. The first kappa shape index (κ1) is 18.2. The van der Waals surface area contributed by atoms with E-state index in [1.807, 2.05) is 24.3 Å². The topological polar surface area (TPSA) is 70.8 Å². The minimum atomic E-state index is -0.617. The second-order valence-electron chi connectivity index (χ2n) is 6.45. The fraction of sp³-hybridized carbons (Fsp3) is 0.200. The molecule has 0 bridgehead atoms. The second-order valence-corrected chi connectivity index (χ2v) is 7.77. The van der Waals surface area contributed by atoms with E-state index in [0.29, 0.717) is 16.0 Å². The smallest absolute Gasteiger partial charge is 0.290 e. The van der Waals surface area contributed by atoms with Crippen molar-refractivity contribution in [3.63, 3.8) is 0 Å². The number of benzene rings is 2. The van der Waals surface area contributed by atoms with Crippen LogP contribution < -0.4 is 5.43 Å². The quantitative estimate of drug-likeness (QED) is 0.656. The van der Waals surface area contributed by atoms with Gasteiger partial charge < -0.3 is 14.4 Å². The van der Waals surface area contributed by atoms with Crippen molar-refractivity contribution in [3.8, 4) is 0 Å². The zero-order valence-corrected chi connectivity index (χ0v) is 16.7. The summed E-state index contributed by atoms with van der Waals surface area (Å²) in [5, 5.41) is 10.2. The summed E-state index contributed by atoms with van der Waals surface area (Å²) in [6, 6.07) is 10.00. The second kappa shape index (κ2) is 6.78. The highest BCUT2D eigenvalue weighted by atomic mass is 79.9. The average molecular weight is 449 g/mol. The number of carbonyl (C=O) groups excluding carboxylic acids is 1. The van der Waals surface area contributed by atoms with Crippen molar-refractivity contribution in [3.05, 3.63) is 78.6 Å². The monoisotopic (exact) mass is 447 g/mol. The number of aliphatic hydroxyl groups excluding tert-OH is 1. The van der Waals surface area contributed by atoms with Crippen LogP contribution in [0.1, 0.15) is 33.3 Å². The molecule has 1 atom stereocenters. The van der Waals surface area contributed by atoms with Gasteiger partial charge in [-0.25, -0.2) is 0 Å². The molecule has 2 aromatic carbocycles. The Morgan fingerprint density at radius 2 is 1.93 bits per heavy atom. The summed E-state index contributed by atoms with van der Waals surface area (Å²) in [5.41, 5.74) is 1.85. The molecule has 27 heavy (non-hydrogen) atoms. The fourth-order valence-electron chi connectivity index (χ4n) is 3.47. The Labute approximate surface area is 168 Å². The molecular weight excluding hydrogens is 434 g/mol. The summed E-state index contributed by atoms with van der Waals surface area (Å²) in [5.74, 6) is -0.380. The highest BCUT2D eigenvalue weighted by Crippen LogP contribution is 2.38. The molecule has 0 radical (unpaired) electrons. The van der Waals surface area contributed by atoms with Gasteiger partial charge in [0.25, 0.3) is 5.91 Å². The molecule has 0 fully saturated rings. The lowest BCUT2D eigenvalue weighted by atomic mass is 9.98. The fourth-order valence-corrected chi connectivity index (χ4v) is 3.90. The third kappa shape index (κ3) is 2.88. The lowest BCUT2D eigenvalue weighted by Gasteiger charge is -2.24. The van der Waals surface area contributed by atoms with Crippen LogP contribution in [0.2, 0.25) is 5.02 Å². The van der Waals surface area contributed by atoms with Gasteiger partial charge in [-0.05, 0) is 42.3 Å². The number of rotatable bonds is 3. The molecule has 1 N–H and O–H groups in total. The van der Waals surface area contributed by atoms with E-state index >= 15 is 0 Å². The Kier molecular flexibility index (Phi) is 4.58. The molecule has 1 aromatic heterocycles. The van der Waals surface area contributed by atoms with E-state index < -0.39 is 11.9 Å². The summed E-state index contributed by atoms with van der Waals surface area (Å²) < 4.78 is 6.73. The Balaban J connectivity index is 2.02. The van der Waals surface area contributed by atoms with Gasteiger partial charge in [0.15, 0.2) is 5.43 Å². The van der Waals surface area contributed by atoms with Gasteiger partial charge >= 0.3 is 0 Å². The van der Waals surface area contributed by atoms with Crippen molar-refractivity contribution in [1.82, 2.24) is 4.90 Å². The zero-order chi connectivity index (χ0) is 19.3. The van der Waals surface area contributed by atoms with Crippen molar-refractivity contribution in [2.45, 2.75) is 13.0 Å². The number of halogens is 2. The number of fused-ring (bicyclic) bond motifs is 2. The minimum Gasteiger partial charge on any atom is -0.450 e. The summed E-state index contributed by atoms with van der Waals surface area (Å²) in [4.78, 5) is 27.7. The number of hydrogen-bond acceptors (Lipinski definition) is 4. The van der Waals surface area contributed by atoms with Crippen LogP contribution in [0.4, 0.5) is 0 Å². The van der Waals surface area contributed by atoms with Crippen LogP contribution in [0.25, 0.3) is 11.0 Å². The van der Waals surface area contributed by atoms with E-state index in [1.165, 1.54) is 4.90 Å². The summed E-state index contributed by atoms with van der Waals surface area (Å²) in [7, 11) is 0. The molecule has 1 aliphatic heterocycles. The maximum Gasteiger partial charge on any atom is 0.290 e. The molecule has 3 aromatic rings. The zero-order valence-electron chi connectivity index (χ0n) is 14.3. The standard InChI is InChI=1S/C20H15BrClNO4/c1-10-8-15-13(9-14(10)22)18(25)16-17(11-2-4-12(21)5-3-11)23(6-7-24)20(26)19(16)27-15/h2-5,8-9,17,24H,6-7H2,1H3/t17-/m0/s1. The van der Waals surface area contributed by atoms with E-state index in [4.69, 9.17) is 16.0 Å². The Bertz CT molecular complexity index is 1120. The van der Waals surface area contributed by atoms with Gasteiger partial charge in [0.05, 0.1) is 23.6 Å². The van der Waals surface area contributed by atoms with Gasteiger partial charge in [-0.3, -0.25) is 9.59 Å². The first-order valence-electron chi connectivity index (χ1n) is 8.36. The summed E-state index contributed by atoms with van der Waals surface area (Å²) in [6.45, 7) is 1.68. The highest BCUT2D eigenvalue weighted by molar-refractivity contribution is 9.10. The van der Waals surface area contributed by atoms with Crippen LogP contribution in [0.5, 0.6) is 0 Å². The molecule has 1 amide bonds. The minimum absolute atomic E-state index is 0.0237. The molecule has 138 valence electrons. The predicted octanol–water partition coefficient (Wildman–Crippen LogP) is 4.05. The SMILES string of the molecule is Cc1cc2oc3c(c(=O)c2cc1Cl)[C@H](c1ccc(Br)cc1)N(CCO)C3=O. The summed E-state index contributed by atoms with van der Waals surface area (Å²) >= 11 is 9.58. The molecule has 0 unspecified atom stereocenters. The normalized spacial score (nSPS) is 16.2. The number of β-amino-alcohol motifs (C(OH)–C–C–N with tert-alkyl or cyclic N) is 1. The van der Waals surface area contributed by atoms with Crippen LogP contribution >= 0.6 is 27.5 Å². The van der Waals surface area contributed by atoms with Crippen molar-refractivity contribution in [2.75, 3.05) is 13.2 Å². The molecular formula is C20H15BrClNO4. The van der Waals surface area contributed by atoms with Crippen LogP contribution in [0, 0.1) is 6.92 Å². The van der Waals surface area contributed by atoms with E-state index in [9.17, 15) is 14.7 Å². The van der Waals surface area contributed by atoms with Gasteiger partial charge in [-0.1, -0.05) is 39.7 Å². The summed E-state index contributed by atoms with van der Waals surface area (Å²) in [6.07, 6.45) is 0. The van der Waals surface area contributed by atoms with Gasteiger partial charge in [0, 0.05) is 16.0 Å². The van der Waals surface area contributed by atoms with Gasteiger partial charge in [-0.15, -0.1) is 0 Å². The van der Waals surface area contributed by atoms with Crippen LogP contribution in [0.15, 0.2) is 50.1 Å². The molecule has 0 saturated heterocycles. The first-order valence-corrected chi connectivity index (χ1v) is 9.53. The number of carbonyl (C=O) groups is 1. The Hall–Kier alpha value is -2.15. The third-order valence-electron chi connectivity index (χ3n) is 4.77.